The van der Waals surface area contributed by atoms with Crippen LogP contribution in [-0.4, -0.2) is 24.0 Å². The number of likely N-dealkylation sites (N-methyl/N-ethyl adjacent to an activating group) is 1. The first-order valence-electron chi connectivity index (χ1n) is 6.65. The van der Waals surface area contributed by atoms with Crippen molar-refractivity contribution in [3.8, 4) is 0 Å². The number of halogens is 4. The molecule has 0 spiro atoms. The smallest absolute Gasteiger partial charge is 0.297 e. The van der Waals surface area contributed by atoms with Gasteiger partial charge in [-0.3, -0.25) is 4.90 Å². The van der Waals surface area contributed by atoms with Crippen molar-refractivity contribution in [2.45, 2.75) is 37.5 Å². The maximum Gasteiger partial charge on any atom is 0.416 e. The molecule has 5 heteroatoms. The highest BCUT2D eigenvalue weighted by molar-refractivity contribution is 5.68. The lowest BCUT2D eigenvalue weighted by Crippen LogP contribution is -2.34. The summed E-state index contributed by atoms with van der Waals surface area (Å²) in [5, 5.41) is 0. The average molecular weight is 285 g/mol. The van der Waals surface area contributed by atoms with Crippen LogP contribution in [0, 0.1) is 5.82 Å². The molecule has 0 radical (unpaired) electrons. The van der Waals surface area contributed by atoms with E-state index >= 15 is 0 Å². The molecule has 3 rings (SSSR count). The Balaban J connectivity index is 1.99. The third-order valence-electron chi connectivity index (χ3n) is 4.34. The number of rotatable bonds is 1. The van der Waals surface area contributed by atoms with Crippen LogP contribution in [0.2, 0.25) is 0 Å². The molecule has 0 N–H and O–H groups in total. The Bertz CT molecular complexity index is 561. The Hall–Kier alpha value is -1.36. The summed E-state index contributed by atoms with van der Waals surface area (Å²) < 4.78 is 51.7. The van der Waals surface area contributed by atoms with Gasteiger partial charge in [-0.25, -0.2) is 4.39 Å². The Morgan fingerprint density at radius 1 is 1.15 bits per heavy atom. The van der Waals surface area contributed by atoms with Gasteiger partial charge in [-0.15, -0.1) is 0 Å². The third-order valence-corrected chi connectivity index (χ3v) is 4.34. The van der Waals surface area contributed by atoms with E-state index in [0.29, 0.717) is 24.1 Å². The molecule has 1 fully saturated rings. The van der Waals surface area contributed by atoms with Crippen LogP contribution in [0.5, 0.6) is 0 Å². The number of nitrogens with zero attached hydrogens (tertiary/aromatic N) is 1. The zero-order valence-corrected chi connectivity index (χ0v) is 11.0. The van der Waals surface area contributed by atoms with Crippen molar-refractivity contribution >= 4 is 5.57 Å². The molecular weight excluding hydrogens is 270 g/mol. The van der Waals surface area contributed by atoms with E-state index in [2.05, 4.69) is 4.90 Å². The predicted octanol–water partition coefficient (Wildman–Crippen LogP) is 4.09. The molecule has 20 heavy (non-hydrogen) atoms. The molecule has 1 aromatic carbocycles. The molecule has 1 nitrogen and oxygen atoms in total. The highest BCUT2D eigenvalue weighted by Gasteiger charge is 2.35. The van der Waals surface area contributed by atoms with E-state index in [1.54, 1.807) is 0 Å². The van der Waals surface area contributed by atoms with E-state index in [1.165, 1.54) is 6.07 Å². The fourth-order valence-electron chi connectivity index (χ4n) is 3.20. The quantitative estimate of drug-likeness (QED) is 0.702. The van der Waals surface area contributed by atoms with Gasteiger partial charge in [0.15, 0.2) is 0 Å². The molecule has 1 aromatic rings. The van der Waals surface area contributed by atoms with Crippen molar-refractivity contribution in [2.75, 3.05) is 7.05 Å². The first-order valence-corrected chi connectivity index (χ1v) is 6.65. The molecule has 2 unspecified atom stereocenters. The van der Waals surface area contributed by atoms with Crippen LogP contribution in [0.3, 0.4) is 0 Å². The molecule has 2 aliphatic rings. The molecule has 0 aliphatic carbocycles. The van der Waals surface area contributed by atoms with Gasteiger partial charge in [0.2, 0.25) is 0 Å². The van der Waals surface area contributed by atoms with Gasteiger partial charge < -0.3 is 0 Å². The van der Waals surface area contributed by atoms with Gasteiger partial charge in [-0.05, 0) is 55.6 Å². The van der Waals surface area contributed by atoms with Crippen molar-refractivity contribution in [3.63, 3.8) is 0 Å². The van der Waals surface area contributed by atoms with E-state index in [9.17, 15) is 17.6 Å². The second kappa shape index (κ2) is 4.58. The molecule has 2 bridgehead atoms. The zero-order chi connectivity index (χ0) is 14.5. The normalized spacial score (nSPS) is 26.8. The van der Waals surface area contributed by atoms with E-state index in [1.807, 2.05) is 13.1 Å². The molecule has 0 amide bonds. The molecule has 108 valence electrons. The lowest BCUT2D eigenvalue weighted by molar-refractivity contribution is -0.137. The summed E-state index contributed by atoms with van der Waals surface area (Å²) in [6, 6.07) is 3.43. The van der Waals surface area contributed by atoms with Crippen molar-refractivity contribution in [1.82, 2.24) is 4.90 Å². The summed E-state index contributed by atoms with van der Waals surface area (Å²) in [6.45, 7) is 0. The van der Waals surface area contributed by atoms with Crippen LogP contribution in [0.15, 0.2) is 24.3 Å². The van der Waals surface area contributed by atoms with Gasteiger partial charge in [0, 0.05) is 12.1 Å². The fourth-order valence-corrected chi connectivity index (χ4v) is 3.20. The van der Waals surface area contributed by atoms with Crippen molar-refractivity contribution in [1.29, 1.82) is 0 Å². The standard InChI is InChI=1S/C15H15F4N/c1-20-13-2-3-14(20)7-10(6-13)9-4-11(15(17,18)19)8-12(16)5-9/h4-6,8,13-14H,2-3,7H2,1H3. The maximum atomic E-state index is 13.5. The van der Waals surface area contributed by atoms with Gasteiger partial charge in [-0.2, -0.15) is 13.2 Å². The highest BCUT2D eigenvalue weighted by atomic mass is 19.4. The first kappa shape index (κ1) is 13.6. The van der Waals surface area contributed by atoms with Crippen molar-refractivity contribution in [3.05, 3.63) is 41.2 Å². The minimum atomic E-state index is -4.51. The summed E-state index contributed by atoms with van der Waals surface area (Å²) in [4.78, 5) is 2.24. The van der Waals surface area contributed by atoms with E-state index in [0.717, 1.165) is 24.5 Å². The number of hydrogen-bond acceptors (Lipinski definition) is 1. The molecule has 2 heterocycles. The van der Waals surface area contributed by atoms with Gasteiger partial charge in [-0.1, -0.05) is 6.08 Å². The Labute approximate surface area is 114 Å². The van der Waals surface area contributed by atoms with Crippen molar-refractivity contribution < 1.29 is 17.6 Å². The fraction of sp³-hybridized carbons (Fsp3) is 0.467. The summed E-state index contributed by atoms with van der Waals surface area (Å²) in [6.07, 6.45) is 0.225. The Morgan fingerprint density at radius 2 is 1.90 bits per heavy atom. The molecule has 2 atom stereocenters. The lowest BCUT2D eigenvalue weighted by atomic mass is 9.94. The largest absolute Gasteiger partial charge is 0.416 e. The Kier molecular flexibility index (Phi) is 3.12. The van der Waals surface area contributed by atoms with Gasteiger partial charge >= 0.3 is 6.18 Å². The lowest BCUT2D eigenvalue weighted by Gasteiger charge is -2.30. The minimum absolute atomic E-state index is 0.265. The minimum Gasteiger partial charge on any atom is -0.297 e. The van der Waals surface area contributed by atoms with Gasteiger partial charge in [0.05, 0.1) is 5.56 Å². The monoisotopic (exact) mass is 285 g/mol. The van der Waals surface area contributed by atoms with Gasteiger partial charge in [0.25, 0.3) is 0 Å². The number of hydrogen-bond donors (Lipinski definition) is 0. The highest BCUT2D eigenvalue weighted by Crippen LogP contribution is 2.39. The van der Waals surface area contributed by atoms with Crippen LogP contribution < -0.4 is 0 Å². The van der Waals surface area contributed by atoms with Crippen LogP contribution in [0.4, 0.5) is 17.6 Å². The Morgan fingerprint density at radius 3 is 2.55 bits per heavy atom. The third kappa shape index (κ3) is 2.35. The number of benzene rings is 1. The average Bonchev–Trinajstić information content (AvgIpc) is 2.60. The second-order valence-electron chi connectivity index (χ2n) is 5.59. The summed E-state index contributed by atoms with van der Waals surface area (Å²) in [7, 11) is 2.03. The maximum absolute atomic E-state index is 13.5. The van der Waals surface area contributed by atoms with Crippen molar-refractivity contribution in [2.24, 2.45) is 0 Å². The summed E-state index contributed by atoms with van der Waals surface area (Å²) in [5.74, 6) is -0.831. The topological polar surface area (TPSA) is 3.24 Å². The molecular formula is C15H15F4N. The predicted molar refractivity (Wildman–Crippen MR) is 68.6 cm³/mol. The summed E-state index contributed by atoms with van der Waals surface area (Å²) >= 11 is 0. The second-order valence-corrected chi connectivity index (χ2v) is 5.59. The van der Waals surface area contributed by atoms with E-state index in [4.69, 9.17) is 0 Å². The zero-order valence-electron chi connectivity index (χ0n) is 11.0. The molecule has 1 saturated heterocycles. The van der Waals surface area contributed by atoms with Crippen LogP contribution in [0.25, 0.3) is 5.57 Å². The van der Waals surface area contributed by atoms with E-state index < -0.39 is 17.6 Å². The van der Waals surface area contributed by atoms with Crippen LogP contribution in [0.1, 0.15) is 30.4 Å². The van der Waals surface area contributed by atoms with Gasteiger partial charge in [0.1, 0.15) is 5.82 Å². The van der Waals surface area contributed by atoms with Crippen LogP contribution in [-0.2, 0) is 6.18 Å². The van der Waals surface area contributed by atoms with Crippen LogP contribution >= 0.6 is 0 Å². The SMILES string of the molecule is CN1C2C=C(c3cc(F)cc(C(F)(F)F)c3)CC1CC2. The molecule has 2 aliphatic heterocycles. The number of fused-ring (bicyclic) bond motifs is 2. The number of alkyl halides is 3. The summed E-state index contributed by atoms with van der Waals surface area (Å²) in [5.41, 5.74) is 0.280. The molecule has 0 aromatic heterocycles. The van der Waals surface area contributed by atoms with E-state index in [-0.39, 0.29) is 6.04 Å². The molecule has 0 saturated carbocycles. The first-order chi connectivity index (χ1) is 9.34.